The number of fused-ring (bicyclic) bond motifs is 1. The molecule has 1 aromatic carbocycles. The van der Waals surface area contributed by atoms with Gasteiger partial charge >= 0.3 is 0 Å². The van der Waals surface area contributed by atoms with Crippen LogP contribution in [0, 0.1) is 23.7 Å². The molecular weight excluding hydrogens is 462 g/mol. The molecule has 7 heteroatoms. The van der Waals surface area contributed by atoms with Gasteiger partial charge in [-0.25, -0.2) is 0 Å². The number of nitrogens with zero attached hydrogens (tertiary/aromatic N) is 4. The fourth-order valence-electron chi connectivity index (χ4n) is 6.29. The summed E-state index contributed by atoms with van der Waals surface area (Å²) in [5.41, 5.74) is 3.82. The van der Waals surface area contributed by atoms with Crippen LogP contribution in [0.2, 0.25) is 0 Å². The van der Waals surface area contributed by atoms with Gasteiger partial charge in [-0.3, -0.25) is 4.90 Å². The van der Waals surface area contributed by atoms with E-state index in [1.54, 1.807) is 7.11 Å². The highest BCUT2D eigenvalue weighted by atomic mass is 16.5. The molecule has 1 saturated heterocycles. The molecule has 5 rings (SSSR count). The number of nitrogens with one attached hydrogen (secondary N) is 1. The number of methoxy groups -OCH3 is 1. The Kier molecular flexibility index (Phi) is 8.43. The summed E-state index contributed by atoms with van der Waals surface area (Å²) in [6.07, 6.45) is 7.30. The molecule has 0 spiro atoms. The van der Waals surface area contributed by atoms with Gasteiger partial charge in [-0.15, -0.1) is 10.2 Å². The highest BCUT2D eigenvalue weighted by Gasteiger charge is 2.34. The van der Waals surface area contributed by atoms with Gasteiger partial charge in [0.25, 0.3) is 0 Å². The molecule has 1 aliphatic heterocycles. The third-order valence-electron chi connectivity index (χ3n) is 8.58. The maximum absolute atomic E-state index is 6.15. The summed E-state index contributed by atoms with van der Waals surface area (Å²) in [4.78, 5) is 8.53. The van der Waals surface area contributed by atoms with E-state index in [0.717, 1.165) is 57.2 Å². The van der Waals surface area contributed by atoms with Crippen LogP contribution >= 0.6 is 0 Å². The third-order valence-corrected chi connectivity index (χ3v) is 8.58. The zero-order valence-electron chi connectivity index (χ0n) is 22.9. The highest BCUT2D eigenvalue weighted by Crippen LogP contribution is 2.39. The Morgan fingerprint density at radius 2 is 1.84 bits per heavy atom. The quantitative estimate of drug-likeness (QED) is 0.399. The van der Waals surface area contributed by atoms with Crippen molar-refractivity contribution in [3.63, 3.8) is 0 Å². The van der Waals surface area contributed by atoms with Gasteiger partial charge in [0.05, 0.1) is 13.0 Å². The average molecular weight is 506 g/mol. The van der Waals surface area contributed by atoms with Gasteiger partial charge in [0.15, 0.2) is 0 Å². The van der Waals surface area contributed by atoms with Crippen LogP contribution in [0.4, 0.5) is 0 Å². The summed E-state index contributed by atoms with van der Waals surface area (Å²) in [5, 5.41) is 10.0. The number of piperazine rings is 1. The highest BCUT2D eigenvalue weighted by molar-refractivity contribution is 5.83. The van der Waals surface area contributed by atoms with E-state index in [9.17, 15) is 0 Å². The molecule has 3 aromatic rings. The molecule has 2 aliphatic rings. The van der Waals surface area contributed by atoms with Crippen LogP contribution in [0.3, 0.4) is 0 Å². The molecule has 1 aliphatic carbocycles. The van der Waals surface area contributed by atoms with Crippen molar-refractivity contribution in [2.75, 3.05) is 53.0 Å². The van der Waals surface area contributed by atoms with E-state index in [2.05, 4.69) is 76.2 Å². The molecule has 37 heavy (non-hydrogen) atoms. The fourth-order valence-corrected chi connectivity index (χ4v) is 6.29. The van der Waals surface area contributed by atoms with E-state index in [1.165, 1.54) is 29.5 Å². The lowest BCUT2D eigenvalue weighted by Gasteiger charge is -2.41. The first-order chi connectivity index (χ1) is 18.0. The van der Waals surface area contributed by atoms with Crippen molar-refractivity contribution < 1.29 is 9.15 Å². The average Bonchev–Trinajstić information content (AvgIpc) is 3.52. The fraction of sp³-hybridized carbons (Fsp3) is 0.600. The van der Waals surface area contributed by atoms with E-state index >= 15 is 0 Å². The molecular formula is C30H43N5O2. The molecule has 0 saturated carbocycles. The Morgan fingerprint density at radius 3 is 2.62 bits per heavy atom. The first-order valence-corrected chi connectivity index (χ1v) is 14.0. The molecule has 0 radical (unpaired) electrons. The smallest absolute Gasteiger partial charge is 0.221 e. The molecule has 3 heterocycles. The van der Waals surface area contributed by atoms with Crippen molar-refractivity contribution in [1.29, 1.82) is 0 Å². The molecule has 0 bridgehead atoms. The number of aromatic nitrogens is 3. The van der Waals surface area contributed by atoms with E-state index in [4.69, 9.17) is 9.15 Å². The van der Waals surface area contributed by atoms with Crippen LogP contribution in [0.5, 0.6) is 0 Å². The lowest BCUT2D eigenvalue weighted by atomic mass is 9.69. The molecule has 1 N–H and O–H groups in total. The van der Waals surface area contributed by atoms with Gasteiger partial charge in [-0.2, -0.15) is 0 Å². The van der Waals surface area contributed by atoms with E-state index in [1.807, 2.05) is 6.07 Å². The van der Waals surface area contributed by atoms with E-state index in [-0.39, 0.29) is 0 Å². The molecule has 3 atom stereocenters. The number of allylic oxidation sites excluding steroid dienone is 1. The van der Waals surface area contributed by atoms with Gasteiger partial charge < -0.3 is 19.0 Å². The van der Waals surface area contributed by atoms with Crippen molar-refractivity contribution in [3.05, 3.63) is 59.5 Å². The zero-order valence-corrected chi connectivity index (χ0v) is 22.9. The summed E-state index contributed by atoms with van der Waals surface area (Å²) in [6.45, 7) is 14.7. The van der Waals surface area contributed by atoms with E-state index in [0.29, 0.717) is 36.0 Å². The standard InChI is InChI=1S/C30H43N5O2/c1-21(2)27-16-23(22(3)15-25(27)20-35-11-9-34(10-12-35)13-14-36-4)17-29-32-33-30(37-29)18-24-19-31-28-8-6-5-7-26(24)28/h5-8,15,19,21,23,25,27,31H,9-14,16-18,20H2,1-4H3/t23-,25-,27-/m0/s1. The molecule has 200 valence electrons. The number of rotatable bonds is 10. The van der Waals surface area contributed by atoms with Crippen LogP contribution in [0.1, 0.15) is 44.5 Å². The summed E-state index contributed by atoms with van der Waals surface area (Å²) in [7, 11) is 1.79. The Bertz CT molecular complexity index is 1170. The predicted molar refractivity (Wildman–Crippen MR) is 148 cm³/mol. The van der Waals surface area contributed by atoms with Gasteiger partial charge in [-0.1, -0.05) is 43.7 Å². The predicted octanol–water partition coefficient (Wildman–Crippen LogP) is 4.80. The maximum Gasteiger partial charge on any atom is 0.221 e. The minimum atomic E-state index is 0.468. The zero-order chi connectivity index (χ0) is 25.8. The second-order valence-electron chi connectivity index (χ2n) is 11.4. The maximum atomic E-state index is 6.15. The number of hydrogen-bond acceptors (Lipinski definition) is 6. The van der Waals surface area contributed by atoms with Crippen LogP contribution in [0.15, 0.2) is 46.5 Å². The lowest BCUT2D eigenvalue weighted by molar-refractivity contribution is 0.0798. The number of hydrogen-bond donors (Lipinski definition) is 1. The lowest BCUT2D eigenvalue weighted by Crippen LogP contribution is -2.49. The third kappa shape index (κ3) is 6.33. The summed E-state index contributed by atoms with van der Waals surface area (Å²) >= 11 is 0. The minimum absolute atomic E-state index is 0.468. The molecule has 1 fully saturated rings. The topological polar surface area (TPSA) is 70.4 Å². The van der Waals surface area contributed by atoms with Crippen LogP contribution in [-0.4, -0.2) is 78.0 Å². The number of aromatic amines is 1. The SMILES string of the molecule is COCCN1CCN(C[C@@H]2C=C(C)[C@H](Cc3nnc(Cc4c[nH]c5ccccc45)o3)C[C@H]2C(C)C)CC1. The summed E-state index contributed by atoms with van der Waals surface area (Å²) in [6, 6.07) is 8.35. The van der Waals surface area contributed by atoms with Gasteiger partial charge in [-0.05, 0) is 48.6 Å². The van der Waals surface area contributed by atoms with Gasteiger partial charge in [0.2, 0.25) is 11.8 Å². The van der Waals surface area contributed by atoms with Crippen LogP contribution < -0.4 is 0 Å². The van der Waals surface area contributed by atoms with Crippen molar-refractivity contribution in [1.82, 2.24) is 25.0 Å². The molecule has 0 unspecified atom stereocenters. The number of para-hydroxylation sites is 1. The summed E-state index contributed by atoms with van der Waals surface area (Å²) in [5.74, 6) is 3.87. The Hall–Kier alpha value is -2.48. The minimum Gasteiger partial charge on any atom is -0.425 e. The van der Waals surface area contributed by atoms with Crippen LogP contribution in [0.25, 0.3) is 10.9 Å². The Morgan fingerprint density at radius 1 is 1.08 bits per heavy atom. The van der Waals surface area contributed by atoms with Gasteiger partial charge in [0, 0.05) is 69.9 Å². The van der Waals surface area contributed by atoms with Crippen molar-refractivity contribution in [2.45, 2.75) is 40.0 Å². The Labute approximate surface area is 221 Å². The number of H-pyrrole nitrogens is 1. The summed E-state index contributed by atoms with van der Waals surface area (Å²) < 4.78 is 11.4. The Balaban J connectivity index is 1.20. The van der Waals surface area contributed by atoms with Crippen molar-refractivity contribution >= 4 is 10.9 Å². The number of ether oxygens (including phenoxy) is 1. The second kappa shape index (κ2) is 11.9. The van der Waals surface area contributed by atoms with Gasteiger partial charge in [0.1, 0.15) is 0 Å². The van der Waals surface area contributed by atoms with Crippen LogP contribution in [-0.2, 0) is 17.6 Å². The first kappa shape index (κ1) is 26.1. The monoisotopic (exact) mass is 505 g/mol. The van der Waals surface area contributed by atoms with Crippen molar-refractivity contribution in [2.24, 2.45) is 23.7 Å². The second-order valence-corrected chi connectivity index (χ2v) is 11.4. The largest absolute Gasteiger partial charge is 0.425 e. The molecule has 0 amide bonds. The van der Waals surface area contributed by atoms with Crippen molar-refractivity contribution in [3.8, 4) is 0 Å². The normalized spacial score (nSPS) is 23.7. The van der Waals surface area contributed by atoms with E-state index < -0.39 is 0 Å². The molecule has 2 aromatic heterocycles. The first-order valence-electron chi connectivity index (χ1n) is 14.0. The molecule has 7 nitrogen and oxygen atoms in total. The number of benzene rings is 1.